The van der Waals surface area contributed by atoms with Crippen LogP contribution in [0.1, 0.15) is 0 Å². The van der Waals surface area contributed by atoms with Crippen LogP contribution in [0.4, 0.5) is 0 Å². The molecule has 0 saturated carbocycles. The molecule has 45 heavy (non-hydrogen) atoms. The highest BCUT2D eigenvalue weighted by atomic mass is 16.8. The summed E-state index contributed by atoms with van der Waals surface area (Å²) in [5.74, 6) is 0. The molecule has 0 aliphatic carbocycles. The molecular weight excluding hydrogens is 624 g/mol. The SMILES string of the molecule is OC[C@H]1O[C@H](O[C@H]2[C@H](O)[C@@H](O)[C@@H](O[C@@H]3[C@@H](O)[C@@H](O)O[C@H](CO)[C@H]3O[C@H]3O[C@H](CO)[C@@H](O)[C@H](O)[C@H]3O)O[C@@H]2CO)[C@H](O)[C@@H](O)[C@@H]1O. The van der Waals surface area contributed by atoms with Crippen molar-refractivity contribution in [2.24, 2.45) is 0 Å². The second-order valence-electron chi connectivity index (χ2n) is 11.1. The lowest BCUT2D eigenvalue weighted by Crippen LogP contribution is -2.68. The smallest absolute Gasteiger partial charge is 0.187 e. The summed E-state index contributed by atoms with van der Waals surface area (Å²) in [5, 5.41) is 142. The zero-order chi connectivity index (χ0) is 33.3. The molecule has 21 heteroatoms. The van der Waals surface area contributed by atoms with Crippen molar-refractivity contribution in [2.75, 3.05) is 26.4 Å². The fraction of sp³-hybridized carbons (Fsp3) is 1.00. The molecule has 0 aromatic carbocycles. The Morgan fingerprint density at radius 1 is 0.333 bits per heavy atom. The number of aliphatic hydroxyl groups excluding tert-OH is 14. The third-order valence-corrected chi connectivity index (χ3v) is 8.20. The van der Waals surface area contributed by atoms with Crippen molar-refractivity contribution in [1.29, 1.82) is 0 Å². The summed E-state index contributed by atoms with van der Waals surface area (Å²) >= 11 is 0. The minimum atomic E-state index is -2.07. The Kier molecular flexibility index (Phi) is 12.8. The first-order chi connectivity index (χ1) is 21.3. The van der Waals surface area contributed by atoms with Crippen LogP contribution in [-0.4, -0.2) is 221 Å². The monoisotopic (exact) mass is 666 g/mol. The predicted octanol–water partition coefficient (Wildman–Crippen LogP) is -9.75. The molecule has 4 fully saturated rings. The van der Waals surface area contributed by atoms with Gasteiger partial charge in [-0.05, 0) is 0 Å². The second kappa shape index (κ2) is 15.6. The highest BCUT2D eigenvalue weighted by molar-refractivity contribution is 4.98. The molecule has 4 rings (SSSR count). The van der Waals surface area contributed by atoms with Gasteiger partial charge >= 0.3 is 0 Å². The summed E-state index contributed by atoms with van der Waals surface area (Å²) in [4.78, 5) is 0. The van der Waals surface area contributed by atoms with Crippen LogP contribution >= 0.6 is 0 Å². The van der Waals surface area contributed by atoms with Gasteiger partial charge in [0, 0.05) is 0 Å². The molecule has 21 nitrogen and oxygen atoms in total. The molecule has 0 spiro atoms. The van der Waals surface area contributed by atoms with Gasteiger partial charge < -0.3 is 105 Å². The largest absolute Gasteiger partial charge is 0.394 e. The first kappa shape index (κ1) is 37.0. The summed E-state index contributed by atoms with van der Waals surface area (Å²) in [7, 11) is 0. The summed E-state index contributed by atoms with van der Waals surface area (Å²) < 4.78 is 38.0. The topological polar surface area (TPSA) is 348 Å². The van der Waals surface area contributed by atoms with Gasteiger partial charge in [0.05, 0.1) is 26.4 Å². The zero-order valence-electron chi connectivity index (χ0n) is 23.5. The lowest BCUT2D eigenvalue weighted by Gasteiger charge is -2.49. The fourth-order valence-electron chi connectivity index (χ4n) is 5.53. The standard InChI is InChI=1S/C24H42O21/c25-1-5-9(29)11(31)14(34)22(40-5)43-18-7(3-27)42-24(16(36)13(18)33)45-20-17(37)21(38)39-8(4-28)19(20)44-23-15(35)12(32)10(30)6(2-26)41-23/h5-38H,1-4H2/t5-,6-,7-,8-,9-,10-,11+,12+,13-,14-,15-,16-,17-,18-,19-,20-,21+,22-,23-,24-/m1/s1. The Bertz CT molecular complexity index is 912. The van der Waals surface area contributed by atoms with Crippen LogP contribution in [0.25, 0.3) is 0 Å². The number of rotatable bonds is 10. The van der Waals surface area contributed by atoms with E-state index in [9.17, 15) is 71.5 Å². The molecule has 0 bridgehead atoms. The van der Waals surface area contributed by atoms with Crippen molar-refractivity contribution in [3.63, 3.8) is 0 Å². The van der Waals surface area contributed by atoms with Crippen LogP contribution in [0.2, 0.25) is 0 Å². The first-order valence-electron chi connectivity index (χ1n) is 14.1. The van der Waals surface area contributed by atoms with E-state index in [2.05, 4.69) is 0 Å². The number of hydrogen-bond donors (Lipinski definition) is 14. The third kappa shape index (κ3) is 7.44. The number of ether oxygens (including phenoxy) is 7. The summed E-state index contributed by atoms with van der Waals surface area (Å²) in [6.07, 6.45) is -35.9. The van der Waals surface area contributed by atoms with E-state index in [-0.39, 0.29) is 0 Å². The van der Waals surface area contributed by atoms with Gasteiger partial charge in [-0.25, -0.2) is 0 Å². The van der Waals surface area contributed by atoms with E-state index in [4.69, 9.17) is 33.2 Å². The predicted molar refractivity (Wildman–Crippen MR) is 134 cm³/mol. The molecule has 0 aromatic heterocycles. The van der Waals surface area contributed by atoms with E-state index in [1.807, 2.05) is 0 Å². The van der Waals surface area contributed by atoms with Gasteiger partial charge in [0.1, 0.15) is 97.7 Å². The Balaban J connectivity index is 1.52. The minimum absolute atomic E-state index is 0.795. The highest BCUT2D eigenvalue weighted by Gasteiger charge is 2.55. The van der Waals surface area contributed by atoms with E-state index in [1.165, 1.54) is 0 Å². The van der Waals surface area contributed by atoms with Crippen LogP contribution in [0, 0.1) is 0 Å². The molecule has 0 aromatic rings. The molecule has 4 aliphatic heterocycles. The Morgan fingerprint density at radius 2 is 0.689 bits per heavy atom. The van der Waals surface area contributed by atoms with Gasteiger partial charge in [-0.15, -0.1) is 0 Å². The minimum Gasteiger partial charge on any atom is -0.394 e. The van der Waals surface area contributed by atoms with Gasteiger partial charge in [0.2, 0.25) is 0 Å². The van der Waals surface area contributed by atoms with Gasteiger partial charge in [-0.2, -0.15) is 0 Å². The van der Waals surface area contributed by atoms with E-state index >= 15 is 0 Å². The van der Waals surface area contributed by atoms with Crippen LogP contribution in [0.3, 0.4) is 0 Å². The molecule has 4 heterocycles. The van der Waals surface area contributed by atoms with Crippen LogP contribution in [0.5, 0.6) is 0 Å². The van der Waals surface area contributed by atoms with Crippen molar-refractivity contribution < 1.29 is 105 Å². The lowest BCUT2D eigenvalue weighted by molar-refractivity contribution is -0.392. The number of aliphatic hydroxyl groups is 14. The average molecular weight is 667 g/mol. The highest BCUT2D eigenvalue weighted by Crippen LogP contribution is 2.34. The maximum Gasteiger partial charge on any atom is 0.187 e. The molecule has 0 radical (unpaired) electrons. The average Bonchev–Trinajstić information content (AvgIpc) is 3.03. The van der Waals surface area contributed by atoms with E-state index in [1.54, 1.807) is 0 Å². The maximum atomic E-state index is 10.9. The normalized spacial score (nSPS) is 52.9. The quantitative estimate of drug-likeness (QED) is 0.103. The third-order valence-electron chi connectivity index (χ3n) is 8.20. The van der Waals surface area contributed by atoms with Gasteiger partial charge in [-0.3, -0.25) is 0 Å². The van der Waals surface area contributed by atoms with Gasteiger partial charge in [0.25, 0.3) is 0 Å². The van der Waals surface area contributed by atoms with Crippen LogP contribution in [-0.2, 0) is 33.2 Å². The lowest BCUT2D eigenvalue weighted by atomic mass is 9.95. The molecular formula is C24H42O21. The van der Waals surface area contributed by atoms with E-state index in [0.29, 0.717) is 0 Å². The van der Waals surface area contributed by atoms with Gasteiger partial charge in [0.15, 0.2) is 25.2 Å². The summed E-state index contributed by atoms with van der Waals surface area (Å²) in [5.41, 5.74) is 0. The molecule has 0 amide bonds. The Labute approximate surface area is 254 Å². The van der Waals surface area contributed by atoms with Crippen LogP contribution < -0.4 is 0 Å². The zero-order valence-corrected chi connectivity index (χ0v) is 23.5. The summed E-state index contributed by atoms with van der Waals surface area (Å²) in [6.45, 7) is -3.42. The molecule has 264 valence electrons. The molecule has 20 atom stereocenters. The van der Waals surface area contributed by atoms with E-state index < -0.39 is 149 Å². The summed E-state index contributed by atoms with van der Waals surface area (Å²) in [6, 6.07) is 0. The van der Waals surface area contributed by atoms with Crippen molar-refractivity contribution >= 4 is 0 Å². The van der Waals surface area contributed by atoms with Crippen molar-refractivity contribution in [2.45, 2.75) is 123 Å². The Morgan fingerprint density at radius 3 is 1.13 bits per heavy atom. The molecule has 4 aliphatic rings. The van der Waals surface area contributed by atoms with Gasteiger partial charge in [-0.1, -0.05) is 0 Å². The van der Waals surface area contributed by atoms with Crippen LogP contribution in [0.15, 0.2) is 0 Å². The Hall–Kier alpha value is -0.840. The van der Waals surface area contributed by atoms with Crippen molar-refractivity contribution in [1.82, 2.24) is 0 Å². The van der Waals surface area contributed by atoms with Crippen molar-refractivity contribution in [3.05, 3.63) is 0 Å². The molecule has 14 N–H and O–H groups in total. The first-order valence-corrected chi connectivity index (χ1v) is 14.1. The number of hydrogen-bond acceptors (Lipinski definition) is 21. The maximum absolute atomic E-state index is 10.9. The molecule has 0 unspecified atom stereocenters. The van der Waals surface area contributed by atoms with Crippen molar-refractivity contribution in [3.8, 4) is 0 Å². The molecule has 4 saturated heterocycles. The van der Waals surface area contributed by atoms with E-state index in [0.717, 1.165) is 0 Å². The second-order valence-corrected chi connectivity index (χ2v) is 11.1. The fourth-order valence-corrected chi connectivity index (χ4v) is 5.53.